The van der Waals surface area contributed by atoms with Gasteiger partial charge in [-0.2, -0.15) is 0 Å². The van der Waals surface area contributed by atoms with Crippen LogP contribution in [0.3, 0.4) is 0 Å². The molecule has 0 unspecified atom stereocenters. The van der Waals surface area contributed by atoms with Crippen LogP contribution in [0, 0.1) is 17.6 Å². The summed E-state index contributed by atoms with van der Waals surface area (Å²) in [4.78, 5) is 0. The van der Waals surface area contributed by atoms with E-state index >= 15 is 0 Å². The number of alkyl halides is 1. The molecule has 0 bridgehead atoms. The van der Waals surface area contributed by atoms with E-state index in [-0.39, 0.29) is 12.4 Å². The summed E-state index contributed by atoms with van der Waals surface area (Å²) in [6.45, 7) is 2.08. The van der Waals surface area contributed by atoms with Gasteiger partial charge in [-0.15, -0.1) is 0 Å². The van der Waals surface area contributed by atoms with Crippen LogP contribution < -0.4 is 4.74 Å². The molecule has 0 spiro atoms. The zero-order valence-corrected chi connectivity index (χ0v) is 16.9. The Hall–Kier alpha value is -1.97. The van der Waals surface area contributed by atoms with E-state index in [2.05, 4.69) is 35.9 Å². The average Bonchev–Trinajstić information content (AvgIpc) is 2.70. The number of halogens is 3. The van der Waals surface area contributed by atoms with E-state index in [4.69, 9.17) is 0 Å². The molecule has 2 aromatic carbocycles. The molecule has 1 aliphatic rings. The summed E-state index contributed by atoms with van der Waals surface area (Å²) >= 11 is 0. The van der Waals surface area contributed by atoms with Crippen molar-refractivity contribution in [3.05, 3.63) is 65.2 Å². The molecule has 0 saturated heterocycles. The second kappa shape index (κ2) is 11.8. The van der Waals surface area contributed by atoms with Crippen LogP contribution in [0.5, 0.6) is 5.75 Å². The zero-order valence-electron chi connectivity index (χ0n) is 16.9. The molecule has 0 heterocycles. The van der Waals surface area contributed by atoms with Crippen molar-refractivity contribution in [1.82, 2.24) is 0 Å². The third kappa shape index (κ3) is 6.88. The lowest BCUT2D eigenvalue weighted by atomic mass is 9.77. The normalized spacial score (nSPS) is 18.9. The first-order chi connectivity index (χ1) is 13.6. The minimum absolute atomic E-state index is 0.0569. The van der Waals surface area contributed by atoms with Crippen LogP contribution in [-0.4, -0.2) is 13.8 Å². The van der Waals surface area contributed by atoms with Gasteiger partial charge in [0, 0.05) is 6.07 Å². The number of rotatable bonds is 6. The predicted molar refractivity (Wildman–Crippen MR) is 109 cm³/mol. The van der Waals surface area contributed by atoms with E-state index in [1.807, 2.05) is 0 Å². The van der Waals surface area contributed by atoms with Gasteiger partial charge in [0.05, 0.1) is 13.8 Å². The van der Waals surface area contributed by atoms with Crippen molar-refractivity contribution in [2.45, 2.75) is 57.8 Å². The molecule has 0 aromatic heterocycles. The summed E-state index contributed by atoms with van der Waals surface area (Å²) < 4.78 is 41.5. The Balaban J connectivity index is 0.000000237. The number of methoxy groups -OCH3 is 1. The minimum atomic E-state index is -0.678. The number of hydrogen-bond donors (Lipinski definition) is 0. The van der Waals surface area contributed by atoms with Crippen LogP contribution >= 0.6 is 0 Å². The molecule has 0 atom stereocenters. The molecule has 1 saturated carbocycles. The van der Waals surface area contributed by atoms with Gasteiger partial charge in [0.25, 0.3) is 0 Å². The summed E-state index contributed by atoms with van der Waals surface area (Å²) in [7, 11) is 1.33. The van der Waals surface area contributed by atoms with Crippen molar-refractivity contribution < 1.29 is 17.9 Å². The van der Waals surface area contributed by atoms with Crippen molar-refractivity contribution >= 4 is 0 Å². The fourth-order valence-electron chi connectivity index (χ4n) is 3.82. The smallest absolute Gasteiger partial charge is 0.167 e. The highest BCUT2D eigenvalue weighted by atomic mass is 19.1. The zero-order chi connectivity index (χ0) is 20.4. The quantitative estimate of drug-likeness (QED) is 0.503. The molecule has 0 N–H and O–H groups in total. The van der Waals surface area contributed by atoms with E-state index in [0.717, 1.165) is 24.5 Å². The number of hydrogen-bond acceptors (Lipinski definition) is 1. The molecule has 0 radical (unpaired) electrons. The molecule has 28 heavy (non-hydrogen) atoms. The molecular formula is C24H31F3O. The lowest BCUT2D eigenvalue weighted by Crippen LogP contribution is -2.13. The molecule has 3 rings (SSSR count). The van der Waals surface area contributed by atoms with Gasteiger partial charge in [-0.1, -0.05) is 37.6 Å². The topological polar surface area (TPSA) is 9.23 Å². The van der Waals surface area contributed by atoms with Crippen LogP contribution in [0.2, 0.25) is 0 Å². The summed E-state index contributed by atoms with van der Waals surface area (Å²) in [6.07, 6.45) is 8.10. The van der Waals surface area contributed by atoms with E-state index in [1.165, 1.54) is 62.8 Å². The molecule has 4 heteroatoms. The SMILES string of the molecule is CCCc1ccc(C2CCC(CCF)CC2)cc1.COc1ccc(F)cc1F. The van der Waals surface area contributed by atoms with Crippen LogP contribution in [0.4, 0.5) is 13.2 Å². The molecule has 0 amide bonds. The largest absolute Gasteiger partial charge is 0.494 e. The van der Waals surface area contributed by atoms with Crippen LogP contribution in [0.1, 0.15) is 62.5 Å². The van der Waals surface area contributed by atoms with Crippen molar-refractivity contribution in [2.24, 2.45) is 5.92 Å². The van der Waals surface area contributed by atoms with Gasteiger partial charge < -0.3 is 4.74 Å². The number of benzene rings is 2. The van der Waals surface area contributed by atoms with Gasteiger partial charge in [0.1, 0.15) is 5.82 Å². The molecule has 1 aliphatic carbocycles. The lowest BCUT2D eigenvalue weighted by molar-refractivity contribution is 0.283. The maximum atomic E-state index is 12.5. The molecule has 154 valence electrons. The fraction of sp³-hybridized carbons (Fsp3) is 0.500. The Morgan fingerprint density at radius 2 is 1.64 bits per heavy atom. The first-order valence-corrected chi connectivity index (χ1v) is 10.2. The molecule has 2 aromatic rings. The summed E-state index contributed by atoms with van der Waals surface area (Å²) in [5, 5.41) is 0. The predicted octanol–water partition coefficient (Wildman–Crippen LogP) is 7.25. The van der Waals surface area contributed by atoms with Crippen molar-refractivity contribution in [3.8, 4) is 5.75 Å². The van der Waals surface area contributed by atoms with Crippen molar-refractivity contribution in [2.75, 3.05) is 13.8 Å². The molecule has 0 aliphatic heterocycles. The highest BCUT2D eigenvalue weighted by Gasteiger charge is 2.21. The number of aryl methyl sites for hydroxylation is 1. The van der Waals surface area contributed by atoms with Gasteiger partial charge in [0.2, 0.25) is 0 Å². The van der Waals surface area contributed by atoms with Gasteiger partial charge in [-0.25, -0.2) is 8.78 Å². The Morgan fingerprint density at radius 1 is 0.964 bits per heavy atom. The van der Waals surface area contributed by atoms with Gasteiger partial charge in [0.15, 0.2) is 11.6 Å². The van der Waals surface area contributed by atoms with Gasteiger partial charge in [-0.05, 0) is 73.6 Å². The van der Waals surface area contributed by atoms with Crippen LogP contribution in [0.25, 0.3) is 0 Å². The molecule has 1 fully saturated rings. The van der Waals surface area contributed by atoms with Crippen LogP contribution in [-0.2, 0) is 6.42 Å². The maximum absolute atomic E-state index is 12.5. The standard InChI is InChI=1S/C17H25F.C7H6F2O/c1-2-3-14-4-8-16(9-5-14)17-10-6-15(7-11-17)12-13-18;1-10-7-3-2-5(8)4-6(7)9/h4-5,8-9,15,17H,2-3,6-7,10-13H2,1H3;2-4H,1H3. The average molecular weight is 393 g/mol. The van der Waals surface area contributed by atoms with E-state index < -0.39 is 11.6 Å². The van der Waals surface area contributed by atoms with Crippen LogP contribution in [0.15, 0.2) is 42.5 Å². The first-order valence-electron chi connectivity index (χ1n) is 10.2. The maximum Gasteiger partial charge on any atom is 0.167 e. The molecule has 1 nitrogen and oxygen atoms in total. The summed E-state index contributed by atoms with van der Waals surface area (Å²) in [6, 6.07) is 12.3. The van der Waals surface area contributed by atoms with Gasteiger partial charge >= 0.3 is 0 Å². The first kappa shape index (κ1) is 22.3. The molecular weight excluding hydrogens is 361 g/mol. The highest BCUT2D eigenvalue weighted by Crippen LogP contribution is 2.37. The third-order valence-electron chi connectivity index (χ3n) is 5.47. The third-order valence-corrected chi connectivity index (χ3v) is 5.47. The fourth-order valence-corrected chi connectivity index (χ4v) is 3.82. The number of ether oxygens (including phenoxy) is 1. The van der Waals surface area contributed by atoms with Crippen molar-refractivity contribution in [3.63, 3.8) is 0 Å². The summed E-state index contributed by atoms with van der Waals surface area (Å²) in [5.74, 6) is 0.143. The minimum Gasteiger partial charge on any atom is -0.494 e. The lowest BCUT2D eigenvalue weighted by Gasteiger charge is -2.28. The summed E-state index contributed by atoms with van der Waals surface area (Å²) in [5.41, 5.74) is 2.95. The Kier molecular flexibility index (Phi) is 9.39. The van der Waals surface area contributed by atoms with E-state index in [1.54, 1.807) is 0 Å². The highest BCUT2D eigenvalue weighted by molar-refractivity contribution is 5.26. The second-order valence-electron chi connectivity index (χ2n) is 7.47. The van der Waals surface area contributed by atoms with Gasteiger partial charge in [-0.3, -0.25) is 4.39 Å². The van der Waals surface area contributed by atoms with Crippen molar-refractivity contribution in [1.29, 1.82) is 0 Å². The Bertz CT molecular complexity index is 691. The second-order valence-corrected chi connectivity index (χ2v) is 7.47. The van der Waals surface area contributed by atoms with E-state index in [0.29, 0.717) is 5.92 Å². The Morgan fingerprint density at radius 3 is 2.18 bits per heavy atom. The van der Waals surface area contributed by atoms with E-state index in [9.17, 15) is 13.2 Å². The monoisotopic (exact) mass is 392 g/mol. The Labute approximate surface area is 166 Å².